The largest absolute Gasteiger partial charge is 0.326 e. The average Bonchev–Trinajstić information content (AvgIpc) is 2.63. The molecule has 1 N–H and O–H groups in total. The molecule has 0 bridgehead atoms. The predicted octanol–water partition coefficient (Wildman–Crippen LogP) is 3.60. The second-order valence-electron chi connectivity index (χ2n) is 6.15. The van der Waals surface area contributed by atoms with Gasteiger partial charge in [-0.15, -0.1) is 0 Å². The van der Waals surface area contributed by atoms with Crippen LogP contribution in [0.1, 0.15) is 31.4 Å². The number of carbonyl (C=O) groups excluding carboxylic acids is 1. The normalized spacial score (nSPS) is 11.5. The molecule has 140 valence electrons. The maximum Gasteiger partial charge on any atom is 0.243 e. The molecule has 0 heterocycles. The summed E-state index contributed by atoms with van der Waals surface area (Å²) in [5, 5.41) is 2.86. The van der Waals surface area contributed by atoms with E-state index >= 15 is 0 Å². The van der Waals surface area contributed by atoms with E-state index in [1.807, 2.05) is 45.0 Å². The van der Waals surface area contributed by atoms with Crippen molar-refractivity contribution in [1.29, 1.82) is 0 Å². The van der Waals surface area contributed by atoms with Crippen molar-refractivity contribution >= 4 is 21.6 Å². The summed E-state index contributed by atoms with van der Waals surface area (Å²) in [5.41, 5.74) is 2.85. The van der Waals surface area contributed by atoms with Gasteiger partial charge >= 0.3 is 0 Å². The predicted molar refractivity (Wildman–Crippen MR) is 105 cm³/mol. The third-order valence-electron chi connectivity index (χ3n) is 4.24. The van der Waals surface area contributed by atoms with Crippen molar-refractivity contribution in [2.75, 3.05) is 18.4 Å². The van der Waals surface area contributed by atoms with Crippen LogP contribution in [0.2, 0.25) is 0 Å². The van der Waals surface area contributed by atoms with Crippen molar-refractivity contribution in [3.8, 4) is 0 Å². The summed E-state index contributed by atoms with van der Waals surface area (Å²) < 4.78 is 26.3. The second kappa shape index (κ2) is 8.96. The minimum Gasteiger partial charge on any atom is -0.326 e. The number of sulfonamides is 1. The lowest BCUT2D eigenvalue weighted by molar-refractivity contribution is -0.116. The third kappa shape index (κ3) is 5.16. The molecule has 26 heavy (non-hydrogen) atoms. The second-order valence-corrected chi connectivity index (χ2v) is 8.09. The number of hydrogen-bond donors (Lipinski definition) is 1. The SMILES string of the molecule is CCN(CC)S(=O)(=O)c1ccc(CCC(=O)Nc2ccc(C)cc2)cc1. The Bertz CT molecular complexity index is 824. The van der Waals surface area contributed by atoms with Crippen molar-refractivity contribution in [2.24, 2.45) is 0 Å². The van der Waals surface area contributed by atoms with Crippen molar-refractivity contribution in [1.82, 2.24) is 4.31 Å². The monoisotopic (exact) mass is 374 g/mol. The average molecular weight is 375 g/mol. The first-order chi connectivity index (χ1) is 12.4. The number of amides is 1. The van der Waals surface area contributed by atoms with E-state index in [1.165, 1.54) is 4.31 Å². The first kappa shape index (κ1) is 20.1. The van der Waals surface area contributed by atoms with Crippen molar-refractivity contribution in [2.45, 2.75) is 38.5 Å². The van der Waals surface area contributed by atoms with Crippen LogP contribution in [-0.2, 0) is 21.2 Å². The van der Waals surface area contributed by atoms with Crippen LogP contribution in [0.4, 0.5) is 5.69 Å². The summed E-state index contributed by atoms with van der Waals surface area (Å²) in [6, 6.07) is 14.4. The number of nitrogens with one attached hydrogen (secondary N) is 1. The van der Waals surface area contributed by atoms with Crippen LogP contribution in [0, 0.1) is 6.92 Å². The molecule has 2 aromatic carbocycles. The standard InChI is InChI=1S/C20H26N2O3S/c1-4-22(5-2)26(24,25)19-13-8-17(9-14-19)10-15-20(23)21-18-11-6-16(3)7-12-18/h6-9,11-14H,4-5,10,15H2,1-3H3,(H,21,23). The molecule has 2 rings (SSSR count). The molecule has 5 nitrogen and oxygen atoms in total. The Hall–Kier alpha value is -2.18. The first-order valence-electron chi connectivity index (χ1n) is 8.82. The van der Waals surface area contributed by atoms with Crippen molar-refractivity contribution < 1.29 is 13.2 Å². The lowest BCUT2D eigenvalue weighted by atomic mass is 10.1. The fourth-order valence-corrected chi connectivity index (χ4v) is 4.12. The van der Waals surface area contributed by atoms with Gasteiger partial charge in [0.15, 0.2) is 0 Å². The molecule has 0 atom stereocenters. The molecule has 0 spiro atoms. The van der Waals surface area contributed by atoms with Gasteiger partial charge in [-0.25, -0.2) is 8.42 Å². The summed E-state index contributed by atoms with van der Waals surface area (Å²) in [5.74, 6) is -0.0614. The molecule has 2 aromatic rings. The fraction of sp³-hybridized carbons (Fsp3) is 0.350. The van der Waals surface area contributed by atoms with Gasteiger partial charge in [0.25, 0.3) is 0 Å². The lowest BCUT2D eigenvalue weighted by Crippen LogP contribution is -2.30. The molecular weight excluding hydrogens is 348 g/mol. The molecule has 0 aromatic heterocycles. The van der Waals surface area contributed by atoms with E-state index in [2.05, 4.69) is 5.32 Å². The highest BCUT2D eigenvalue weighted by molar-refractivity contribution is 7.89. The molecule has 0 aliphatic heterocycles. The maximum atomic E-state index is 12.5. The zero-order chi connectivity index (χ0) is 19.2. The van der Waals surface area contributed by atoms with Crippen LogP contribution in [-0.4, -0.2) is 31.7 Å². The van der Waals surface area contributed by atoms with Crippen LogP contribution in [0.25, 0.3) is 0 Å². The van der Waals surface area contributed by atoms with Crippen LogP contribution in [0.3, 0.4) is 0 Å². The Morgan fingerprint density at radius 3 is 2.08 bits per heavy atom. The lowest BCUT2D eigenvalue weighted by Gasteiger charge is -2.18. The van der Waals surface area contributed by atoms with Crippen molar-refractivity contribution in [3.63, 3.8) is 0 Å². The topological polar surface area (TPSA) is 66.5 Å². The van der Waals surface area contributed by atoms with Gasteiger partial charge in [-0.1, -0.05) is 43.7 Å². The number of hydrogen-bond acceptors (Lipinski definition) is 3. The number of rotatable bonds is 8. The Kier molecular flexibility index (Phi) is 6.94. The highest BCUT2D eigenvalue weighted by Gasteiger charge is 2.21. The molecule has 0 unspecified atom stereocenters. The van der Waals surface area contributed by atoms with Gasteiger partial charge in [0.2, 0.25) is 15.9 Å². The van der Waals surface area contributed by atoms with E-state index in [9.17, 15) is 13.2 Å². The summed E-state index contributed by atoms with van der Waals surface area (Å²) in [4.78, 5) is 12.3. The van der Waals surface area contributed by atoms with E-state index < -0.39 is 10.0 Å². The third-order valence-corrected chi connectivity index (χ3v) is 6.31. The summed E-state index contributed by atoms with van der Waals surface area (Å²) in [7, 11) is -3.44. The summed E-state index contributed by atoms with van der Waals surface area (Å²) in [6.07, 6.45) is 0.902. The highest BCUT2D eigenvalue weighted by atomic mass is 32.2. The first-order valence-corrected chi connectivity index (χ1v) is 10.3. The molecule has 0 saturated heterocycles. The number of nitrogens with zero attached hydrogens (tertiary/aromatic N) is 1. The van der Waals surface area contributed by atoms with Crippen LogP contribution in [0.15, 0.2) is 53.4 Å². The number of carbonyl (C=O) groups is 1. The summed E-state index contributed by atoms with van der Waals surface area (Å²) in [6.45, 7) is 6.53. The Balaban J connectivity index is 1.94. The summed E-state index contributed by atoms with van der Waals surface area (Å²) >= 11 is 0. The van der Waals surface area contributed by atoms with Gasteiger partial charge in [-0.2, -0.15) is 4.31 Å². The number of anilines is 1. The van der Waals surface area contributed by atoms with Gasteiger partial charge in [-0.05, 0) is 43.2 Å². The smallest absolute Gasteiger partial charge is 0.243 e. The van der Waals surface area contributed by atoms with Gasteiger partial charge in [0.05, 0.1) is 4.90 Å². The van der Waals surface area contributed by atoms with Gasteiger partial charge in [0, 0.05) is 25.2 Å². The van der Waals surface area contributed by atoms with E-state index in [0.29, 0.717) is 25.9 Å². The molecule has 0 saturated carbocycles. The van der Waals surface area contributed by atoms with Crippen LogP contribution in [0.5, 0.6) is 0 Å². The molecule has 6 heteroatoms. The van der Waals surface area contributed by atoms with Crippen molar-refractivity contribution in [3.05, 3.63) is 59.7 Å². The zero-order valence-corrected chi connectivity index (χ0v) is 16.3. The van der Waals surface area contributed by atoms with Crippen LogP contribution < -0.4 is 5.32 Å². The molecule has 1 amide bonds. The fourth-order valence-electron chi connectivity index (χ4n) is 2.66. The van der Waals surface area contributed by atoms with E-state index in [1.54, 1.807) is 24.3 Å². The van der Waals surface area contributed by atoms with Crippen LogP contribution >= 0.6 is 0 Å². The minimum absolute atomic E-state index is 0.0614. The molecule has 0 aliphatic carbocycles. The molecule has 0 aliphatic rings. The molecule has 0 fully saturated rings. The Morgan fingerprint density at radius 2 is 1.54 bits per heavy atom. The van der Waals surface area contributed by atoms with Gasteiger partial charge in [-0.3, -0.25) is 4.79 Å². The maximum absolute atomic E-state index is 12.5. The van der Waals surface area contributed by atoms with E-state index in [4.69, 9.17) is 0 Å². The van der Waals surface area contributed by atoms with E-state index in [0.717, 1.165) is 16.8 Å². The number of aryl methyl sites for hydroxylation is 2. The zero-order valence-electron chi connectivity index (χ0n) is 15.5. The highest BCUT2D eigenvalue weighted by Crippen LogP contribution is 2.17. The Labute approximate surface area is 156 Å². The van der Waals surface area contributed by atoms with Gasteiger partial charge in [0.1, 0.15) is 0 Å². The molecular formula is C20H26N2O3S. The Morgan fingerprint density at radius 1 is 0.962 bits per heavy atom. The minimum atomic E-state index is -3.44. The quantitative estimate of drug-likeness (QED) is 0.768. The van der Waals surface area contributed by atoms with Gasteiger partial charge < -0.3 is 5.32 Å². The van der Waals surface area contributed by atoms with E-state index in [-0.39, 0.29) is 10.8 Å². The number of benzene rings is 2. The molecule has 0 radical (unpaired) electrons.